The van der Waals surface area contributed by atoms with Crippen LogP contribution in [0.5, 0.6) is 0 Å². The van der Waals surface area contributed by atoms with Crippen molar-refractivity contribution < 1.29 is 22.4 Å². The smallest absolute Gasteiger partial charge is 0.321 e. The lowest BCUT2D eigenvalue weighted by Gasteiger charge is -2.39. The largest absolute Gasteiger partial charge is 0.351 e. The molecule has 4 rings (SSSR count). The number of nitrogens with zero attached hydrogens (tertiary/aromatic N) is 2. The number of hydrogen-bond acceptors (Lipinski definition) is 4. The van der Waals surface area contributed by atoms with Gasteiger partial charge in [-0.1, -0.05) is 48.5 Å². The summed E-state index contributed by atoms with van der Waals surface area (Å²) in [5.41, 5.74) is 1.25. The molecule has 0 saturated carbocycles. The molecule has 1 heterocycles. The van der Waals surface area contributed by atoms with E-state index in [1.165, 1.54) is 41.3 Å². The van der Waals surface area contributed by atoms with E-state index in [2.05, 4.69) is 10.6 Å². The third kappa shape index (κ3) is 5.84. The van der Waals surface area contributed by atoms with Gasteiger partial charge in [-0.3, -0.25) is 4.79 Å². The van der Waals surface area contributed by atoms with Crippen LogP contribution >= 0.6 is 0 Å². The molecule has 1 fully saturated rings. The van der Waals surface area contributed by atoms with Crippen LogP contribution in [0.25, 0.3) is 0 Å². The second-order valence-electron chi connectivity index (χ2n) is 8.03. The molecule has 1 aliphatic rings. The first-order valence-corrected chi connectivity index (χ1v) is 12.5. The van der Waals surface area contributed by atoms with Gasteiger partial charge >= 0.3 is 6.03 Å². The number of halogens is 1. The van der Waals surface area contributed by atoms with Crippen molar-refractivity contribution in [1.29, 1.82) is 0 Å². The molecule has 3 aromatic rings. The van der Waals surface area contributed by atoms with Gasteiger partial charge < -0.3 is 15.5 Å². The Bertz CT molecular complexity index is 1270. The topological polar surface area (TPSA) is 98.8 Å². The third-order valence-corrected chi connectivity index (χ3v) is 7.60. The fourth-order valence-corrected chi connectivity index (χ4v) is 5.41. The van der Waals surface area contributed by atoms with E-state index in [1.807, 2.05) is 30.3 Å². The summed E-state index contributed by atoms with van der Waals surface area (Å²) in [6.45, 7) is 0.107. The van der Waals surface area contributed by atoms with E-state index in [1.54, 1.807) is 18.2 Å². The van der Waals surface area contributed by atoms with E-state index >= 15 is 0 Å². The molecule has 182 valence electrons. The SMILES string of the molecule is O=C(NCc1ccccc1)C1CN(C(=O)Nc2ccc(F)cc2)CCN1S(=O)(=O)c1ccccc1. The van der Waals surface area contributed by atoms with Crippen LogP contribution < -0.4 is 10.6 Å². The van der Waals surface area contributed by atoms with Gasteiger partial charge in [0.15, 0.2) is 0 Å². The first-order valence-electron chi connectivity index (χ1n) is 11.0. The molecular formula is C25H25FN4O4S. The minimum Gasteiger partial charge on any atom is -0.351 e. The number of urea groups is 1. The van der Waals surface area contributed by atoms with Crippen LogP contribution in [-0.4, -0.2) is 55.2 Å². The lowest BCUT2D eigenvalue weighted by Crippen LogP contribution is -2.61. The fraction of sp³-hybridized carbons (Fsp3) is 0.200. The molecule has 1 atom stereocenters. The molecule has 8 nitrogen and oxygen atoms in total. The second-order valence-corrected chi connectivity index (χ2v) is 9.92. The van der Waals surface area contributed by atoms with E-state index in [4.69, 9.17) is 0 Å². The van der Waals surface area contributed by atoms with E-state index in [0.29, 0.717) is 5.69 Å². The van der Waals surface area contributed by atoms with Crippen molar-refractivity contribution in [2.75, 3.05) is 25.0 Å². The Morgan fingerprint density at radius 3 is 2.17 bits per heavy atom. The minimum absolute atomic E-state index is 0.0580. The molecule has 0 bridgehead atoms. The van der Waals surface area contributed by atoms with Crippen LogP contribution in [0, 0.1) is 5.82 Å². The third-order valence-electron chi connectivity index (χ3n) is 5.68. The molecule has 0 aromatic heterocycles. The average molecular weight is 497 g/mol. The molecule has 0 spiro atoms. The zero-order valence-corrected chi connectivity index (χ0v) is 19.6. The van der Waals surface area contributed by atoms with Gasteiger partial charge in [0.05, 0.1) is 4.90 Å². The van der Waals surface area contributed by atoms with E-state index in [0.717, 1.165) is 9.87 Å². The molecular weight excluding hydrogens is 471 g/mol. The quantitative estimate of drug-likeness (QED) is 0.548. The Morgan fingerprint density at radius 2 is 1.51 bits per heavy atom. The lowest BCUT2D eigenvalue weighted by molar-refractivity contribution is -0.126. The summed E-state index contributed by atoms with van der Waals surface area (Å²) in [4.78, 5) is 27.5. The highest BCUT2D eigenvalue weighted by Gasteiger charge is 2.41. The number of carbonyl (C=O) groups excluding carboxylic acids is 2. The first-order chi connectivity index (χ1) is 16.8. The number of carbonyl (C=O) groups is 2. The van der Waals surface area contributed by atoms with Gasteiger partial charge in [-0.15, -0.1) is 0 Å². The summed E-state index contributed by atoms with van der Waals surface area (Å²) in [5.74, 6) is -0.939. The molecule has 1 saturated heterocycles. The number of hydrogen-bond donors (Lipinski definition) is 2. The molecule has 3 aromatic carbocycles. The molecule has 35 heavy (non-hydrogen) atoms. The van der Waals surface area contributed by atoms with Crippen molar-refractivity contribution in [3.63, 3.8) is 0 Å². The van der Waals surface area contributed by atoms with Gasteiger partial charge in [-0.05, 0) is 42.0 Å². The average Bonchev–Trinajstić information content (AvgIpc) is 2.89. The van der Waals surface area contributed by atoms with Crippen LogP contribution in [0.15, 0.2) is 89.8 Å². The number of benzene rings is 3. The lowest BCUT2D eigenvalue weighted by atomic mass is 10.2. The highest BCUT2D eigenvalue weighted by molar-refractivity contribution is 7.89. The second kappa shape index (κ2) is 10.7. The van der Waals surface area contributed by atoms with Crippen LogP contribution in [0.1, 0.15) is 5.56 Å². The van der Waals surface area contributed by atoms with Gasteiger partial charge in [0.1, 0.15) is 11.9 Å². The molecule has 3 amide bonds. The summed E-state index contributed by atoms with van der Waals surface area (Å²) in [5, 5.41) is 5.45. The Kier molecular flexibility index (Phi) is 7.42. The Hall–Kier alpha value is -3.76. The van der Waals surface area contributed by atoms with Crippen LogP contribution in [-0.2, 0) is 21.4 Å². The van der Waals surface area contributed by atoms with Gasteiger partial charge in [0, 0.05) is 31.9 Å². The number of anilines is 1. The van der Waals surface area contributed by atoms with Crippen LogP contribution in [0.2, 0.25) is 0 Å². The summed E-state index contributed by atoms with van der Waals surface area (Å²) in [7, 11) is -3.98. The van der Waals surface area contributed by atoms with Crippen molar-refractivity contribution >= 4 is 27.6 Å². The van der Waals surface area contributed by atoms with Gasteiger partial charge in [0.2, 0.25) is 15.9 Å². The maximum absolute atomic E-state index is 13.4. The maximum Gasteiger partial charge on any atom is 0.321 e. The van der Waals surface area contributed by atoms with E-state index in [9.17, 15) is 22.4 Å². The number of amides is 3. The predicted octanol–water partition coefficient (Wildman–Crippen LogP) is 3.05. The molecule has 10 heteroatoms. The first kappa shape index (κ1) is 24.4. The molecule has 1 unspecified atom stereocenters. The number of nitrogens with one attached hydrogen (secondary N) is 2. The molecule has 0 radical (unpaired) electrons. The highest BCUT2D eigenvalue weighted by Crippen LogP contribution is 2.22. The van der Waals surface area contributed by atoms with E-state index < -0.39 is 33.8 Å². The Balaban J connectivity index is 1.54. The van der Waals surface area contributed by atoms with Crippen molar-refractivity contribution in [1.82, 2.24) is 14.5 Å². The van der Waals surface area contributed by atoms with Crippen molar-refractivity contribution in [3.05, 3.63) is 96.3 Å². The van der Waals surface area contributed by atoms with Gasteiger partial charge in [-0.25, -0.2) is 17.6 Å². The number of rotatable bonds is 6. The van der Waals surface area contributed by atoms with Crippen molar-refractivity contribution in [2.24, 2.45) is 0 Å². The predicted molar refractivity (Wildman–Crippen MR) is 129 cm³/mol. The zero-order chi connectivity index (χ0) is 24.8. The Labute approximate surface area is 203 Å². The van der Waals surface area contributed by atoms with Crippen molar-refractivity contribution in [2.45, 2.75) is 17.5 Å². The van der Waals surface area contributed by atoms with Gasteiger partial charge in [-0.2, -0.15) is 4.31 Å². The molecule has 1 aliphatic heterocycles. The van der Waals surface area contributed by atoms with Crippen molar-refractivity contribution in [3.8, 4) is 0 Å². The minimum atomic E-state index is -3.98. The summed E-state index contributed by atoms with van der Waals surface area (Å²) < 4.78 is 41.1. The summed E-state index contributed by atoms with van der Waals surface area (Å²) >= 11 is 0. The molecule has 0 aliphatic carbocycles. The monoisotopic (exact) mass is 496 g/mol. The van der Waals surface area contributed by atoms with Gasteiger partial charge in [0.25, 0.3) is 0 Å². The van der Waals surface area contributed by atoms with Crippen LogP contribution in [0.4, 0.5) is 14.9 Å². The zero-order valence-electron chi connectivity index (χ0n) is 18.8. The fourth-order valence-electron chi connectivity index (χ4n) is 3.82. The maximum atomic E-state index is 13.4. The normalized spacial score (nSPS) is 16.5. The summed E-state index contributed by atoms with van der Waals surface area (Å²) in [6.07, 6.45) is 0. The molecule has 2 N–H and O–H groups in total. The van der Waals surface area contributed by atoms with E-state index in [-0.39, 0.29) is 31.1 Å². The number of piperazine rings is 1. The standard InChI is InChI=1S/C25H25FN4O4S/c26-20-11-13-21(14-12-20)28-25(32)29-15-16-30(35(33,34)22-9-5-2-6-10-22)23(18-29)24(31)27-17-19-7-3-1-4-8-19/h1-14,23H,15-18H2,(H,27,31)(H,28,32). The highest BCUT2D eigenvalue weighted by atomic mass is 32.2. The number of sulfonamides is 1. The summed E-state index contributed by atoms with van der Waals surface area (Å²) in [6, 6.07) is 20.8. The Morgan fingerprint density at radius 1 is 0.886 bits per heavy atom. The van der Waals surface area contributed by atoms with Crippen LogP contribution in [0.3, 0.4) is 0 Å².